The first-order valence-electron chi connectivity index (χ1n) is 6.20. The second-order valence-corrected chi connectivity index (χ2v) is 5.78. The zero-order valence-corrected chi connectivity index (χ0v) is 11.4. The maximum atomic E-state index is 2.53. The van der Waals surface area contributed by atoms with Crippen molar-refractivity contribution in [3.05, 3.63) is 23.3 Å². The Labute approximate surface area is 95.5 Å². The Hall–Kier alpha value is -0.520. The standard InChI is InChI=1S/C15H26/c1-10(2)15(11(3)4)9-13(6)12(5)8-14(15)7/h8-11,14H,1-7H3. The summed E-state index contributed by atoms with van der Waals surface area (Å²) in [5.74, 6) is 2.06. The molecule has 1 atom stereocenters. The van der Waals surface area contributed by atoms with E-state index in [4.69, 9.17) is 0 Å². The van der Waals surface area contributed by atoms with Crippen molar-refractivity contribution in [2.45, 2.75) is 48.5 Å². The Balaban J connectivity index is 3.22. The molecule has 0 spiro atoms. The zero-order chi connectivity index (χ0) is 11.8. The van der Waals surface area contributed by atoms with Crippen molar-refractivity contribution in [2.24, 2.45) is 23.2 Å². The molecule has 0 aromatic heterocycles. The van der Waals surface area contributed by atoms with Gasteiger partial charge in [-0.1, -0.05) is 57.9 Å². The fraction of sp³-hybridized carbons (Fsp3) is 0.733. The lowest BCUT2D eigenvalue weighted by Gasteiger charge is -2.46. The average molecular weight is 206 g/mol. The molecule has 0 radical (unpaired) electrons. The van der Waals surface area contributed by atoms with Gasteiger partial charge in [-0.05, 0) is 37.0 Å². The minimum absolute atomic E-state index is 0.351. The van der Waals surface area contributed by atoms with E-state index in [9.17, 15) is 0 Å². The van der Waals surface area contributed by atoms with Gasteiger partial charge in [-0.15, -0.1) is 0 Å². The monoisotopic (exact) mass is 206 g/mol. The molecule has 0 aliphatic heterocycles. The molecule has 0 saturated carbocycles. The SMILES string of the molecule is CC1=CC(C)C(C(C)C)(C(C)C)C=C1C. The Morgan fingerprint density at radius 3 is 1.87 bits per heavy atom. The van der Waals surface area contributed by atoms with Gasteiger partial charge in [0.15, 0.2) is 0 Å². The predicted octanol–water partition coefficient (Wildman–Crippen LogP) is 4.83. The highest BCUT2D eigenvalue weighted by Gasteiger charge is 2.40. The van der Waals surface area contributed by atoms with Crippen LogP contribution in [-0.4, -0.2) is 0 Å². The van der Waals surface area contributed by atoms with Crippen LogP contribution in [0.4, 0.5) is 0 Å². The molecule has 0 bridgehead atoms. The molecule has 15 heavy (non-hydrogen) atoms. The van der Waals surface area contributed by atoms with Gasteiger partial charge >= 0.3 is 0 Å². The highest BCUT2D eigenvalue weighted by atomic mass is 14.4. The molecule has 1 aliphatic carbocycles. The van der Waals surface area contributed by atoms with E-state index in [2.05, 4.69) is 60.6 Å². The summed E-state index contributed by atoms with van der Waals surface area (Å²) in [6, 6.07) is 0. The van der Waals surface area contributed by atoms with Crippen LogP contribution in [0.2, 0.25) is 0 Å². The Morgan fingerprint density at radius 2 is 1.47 bits per heavy atom. The van der Waals surface area contributed by atoms with Gasteiger partial charge in [0.1, 0.15) is 0 Å². The van der Waals surface area contributed by atoms with Crippen molar-refractivity contribution in [3.8, 4) is 0 Å². The Kier molecular flexibility index (Phi) is 3.48. The van der Waals surface area contributed by atoms with Gasteiger partial charge in [-0.3, -0.25) is 0 Å². The highest BCUT2D eigenvalue weighted by Crippen LogP contribution is 2.48. The van der Waals surface area contributed by atoms with Crippen LogP contribution in [0.15, 0.2) is 23.3 Å². The van der Waals surface area contributed by atoms with Gasteiger partial charge in [0.25, 0.3) is 0 Å². The average Bonchev–Trinajstić information content (AvgIpc) is 2.10. The maximum Gasteiger partial charge on any atom is -0.000622 e. The second-order valence-electron chi connectivity index (χ2n) is 5.78. The molecule has 0 fully saturated rings. The summed E-state index contributed by atoms with van der Waals surface area (Å²) in [4.78, 5) is 0. The molecule has 0 aromatic rings. The topological polar surface area (TPSA) is 0 Å². The molecule has 86 valence electrons. The summed E-state index contributed by atoms with van der Waals surface area (Å²) >= 11 is 0. The lowest BCUT2D eigenvalue weighted by Crippen LogP contribution is -2.38. The van der Waals surface area contributed by atoms with Crippen LogP contribution >= 0.6 is 0 Å². The fourth-order valence-electron chi connectivity index (χ4n) is 3.32. The van der Waals surface area contributed by atoms with Gasteiger partial charge in [0.2, 0.25) is 0 Å². The van der Waals surface area contributed by atoms with Crippen molar-refractivity contribution >= 4 is 0 Å². The van der Waals surface area contributed by atoms with Crippen molar-refractivity contribution in [2.75, 3.05) is 0 Å². The molecule has 1 aliphatic rings. The number of rotatable bonds is 2. The summed E-state index contributed by atoms with van der Waals surface area (Å²) in [6.45, 7) is 16.3. The molecule has 0 N–H and O–H groups in total. The van der Waals surface area contributed by atoms with Crippen molar-refractivity contribution in [3.63, 3.8) is 0 Å². The van der Waals surface area contributed by atoms with E-state index in [1.807, 2.05) is 0 Å². The number of allylic oxidation sites excluding steroid dienone is 4. The van der Waals surface area contributed by atoms with Crippen LogP contribution in [-0.2, 0) is 0 Å². The van der Waals surface area contributed by atoms with E-state index in [1.54, 1.807) is 0 Å². The van der Waals surface area contributed by atoms with E-state index in [1.165, 1.54) is 11.1 Å². The van der Waals surface area contributed by atoms with Crippen LogP contribution in [0.5, 0.6) is 0 Å². The molecule has 0 nitrogen and oxygen atoms in total. The van der Waals surface area contributed by atoms with E-state index in [-0.39, 0.29) is 0 Å². The summed E-state index contributed by atoms with van der Waals surface area (Å²) in [5, 5.41) is 0. The quantitative estimate of drug-likeness (QED) is 0.607. The van der Waals surface area contributed by atoms with Crippen LogP contribution in [0.1, 0.15) is 48.5 Å². The van der Waals surface area contributed by atoms with E-state index in [0.29, 0.717) is 23.2 Å². The summed E-state index contributed by atoms with van der Waals surface area (Å²) < 4.78 is 0. The predicted molar refractivity (Wildman–Crippen MR) is 68.8 cm³/mol. The molecule has 0 saturated heterocycles. The van der Waals surface area contributed by atoms with Crippen LogP contribution < -0.4 is 0 Å². The van der Waals surface area contributed by atoms with Gasteiger partial charge in [-0.25, -0.2) is 0 Å². The smallest absolute Gasteiger partial charge is 0.000622 e. The fourth-order valence-corrected chi connectivity index (χ4v) is 3.32. The molecule has 0 aromatic carbocycles. The third-order valence-corrected chi connectivity index (χ3v) is 4.38. The second kappa shape index (κ2) is 4.15. The first-order chi connectivity index (χ1) is 6.82. The molecular formula is C15H26. The summed E-state index contributed by atoms with van der Waals surface area (Å²) in [5.41, 5.74) is 3.28. The highest BCUT2D eigenvalue weighted by molar-refractivity contribution is 5.35. The molecule has 0 heterocycles. The van der Waals surface area contributed by atoms with E-state index >= 15 is 0 Å². The minimum Gasteiger partial charge on any atom is -0.0776 e. The van der Waals surface area contributed by atoms with Crippen LogP contribution in [0.25, 0.3) is 0 Å². The molecule has 0 heteroatoms. The summed E-state index contributed by atoms with van der Waals surface area (Å²) in [6.07, 6.45) is 4.98. The van der Waals surface area contributed by atoms with E-state index in [0.717, 1.165) is 0 Å². The third-order valence-electron chi connectivity index (χ3n) is 4.38. The lowest BCUT2D eigenvalue weighted by atomic mass is 9.59. The zero-order valence-electron chi connectivity index (χ0n) is 11.4. The van der Waals surface area contributed by atoms with Gasteiger partial charge in [0, 0.05) is 0 Å². The van der Waals surface area contributed by atoms with Crippen molar-refractivity contribution in [1.82, 2.24) is 0 Å². The van der Waals surface area contributed by atoms with Crippen molar-refractivity contribution in [1.29, 1.82) is 0 Å². The molecule has 1 rings (SSSR count). The normalized spacial score (nSPS) is 25.5. The van der Waals surface area contributed by atoms with Gasteiger partial charge in [-0.2, -0.15) is 0 Å². The van der Waals surface area contributed by atoms with E-state index < -0.39 is 0 Å². The summed E-state index contributed by atoms with van der Waals surface area (Å²) in [7, 11) is 0. The van der Waals surface area contributed by atoms with Crippen LogP contribution in [0.3, 0.4) is 0 Å². The molecular weight excluding hydrogens is 180 g/mol. The van der Waals surface area contributed by atoms with Crippen molar-refractivity contribution < 1.29 is 0 Å². The minimum atomic E-state index is 0.351. The number of hydrogen-bond donors (Lipinski definition) is 0. The van der Waals surface area contributed by atoms with Gasteiger partial charge < -0.3 is 0 Å². The Bertz CT molecular complexity index is 281. The Morgan fingerprint density at radius 1 is 1.00 bits per heavy atom. The first-order valence-corrected chi connectivity index (χ1v) is 6.20. The van der Waals surface area contributed by atoms with Gasteiger partial charge in [0.05, 0.1) is 0 Å². The lowest BCUT2D eigenvalue weighted by molar-refractivity contribution is 0.123. The third kappa shape index (κ3) is 1.91. The molecule has 0 amide bonds. The first kappa shape index (κ1) is 12.5. The van der Waals surface area contributed by atoms with Crippen LogP contribution in [0, 0.1) is 23.2 Å². The molecule has 1 unspecified atom stereocenters. The maximum absolute atomic E-state index is 2.53. The largest absolute Gasteiger partial charge is 0.0776 e. The number of hydrogen-bond acceptors (Lipinski definition) is 0.